The maximum absolute atomic E-state index is 10.8. The Morgan fingerprint density at radius 2 is 2.00 bits per heavy atom. The summed E-state index contributed by atoms with van der Waals surface area (Å²) in [6.07, 6.45) is 0.915. The maximum atomic E-state index is 10.8. The Morgan fingerprint density at radius 1 is 1.35 bits per heavy atom. The molecule has 4 heteroatoms. The Hall–Kier alpha value is -1.55. The van der Waals surface area contributed by atoms with E-state index in [0.717, 1.165) is 17.7 Å². The lowest BCUT2D eigenvalue weighted by atomic mass is 10.1. The Bertz CT molecular complexity index is 346. The van der Waals surface area contributed by atoms with Gasteiger partial charge in [0.1, 0.15) is 12.4 Å². The van der Waals surface area contributed by atoms with E-state index in [1.807, 2.05) is 38.1 Å². The van der Waals surface area contributed by atoms with Crippen LogP contribution in [-0.2, 0) is 11.2 Å². The van der Waals surface area contributed by atoms with Crippen molar-refractivity contribution in [2.75, 3.05) is 13.2 Å². The fourth-order valence-electron chi connectivity index (χ4n) is 1.41. The van der Waals surface area contributed by atoms with Crippen LogP contribution in [0.15, 0.2) is 24.3 Å². The quantitative estimate of drug-likeness (QED) is 0.779. The first kappa shape index (κ1) is 13.5. The zero-order chi connectivity index (χ0) is 12.7. The molecule has 0 aliphatic carbocycles. The Labute approximate surface area is 102 Å². The van der Waals surface area contributed by atoms with Gasteiger partial charge in [-0.15, -0.1) is 0 Å². The number of carbonyl (C=O) groups is 1. The van der Waals surface area contributed by atoms with Crippen LogP contribution in [0.3, 0.4) is 0 Å². The van der Waals surface area contributed by atoms with Crippen molar-refractivity contribution in [2.24, 2.45) is 0 Å². The van der Waals surface area contributed by atoms with Gasteiger partial charge in [-0.2, -0.15) is 0 Å². The van der Waals surface area contributed by atoms with Crippen molar-refractivity contribution in [3.05, 3.63) is 29.8 Å². The number of ether oxygens (including phenoxy) is 1. The minimum atomic E-state index is -0.457. The standard InChI is InChI=1S/C13H19NO3/c1-10(2)17-12-5-3-11(4-6-12)7-8-14-13(16)9-15/h3-6,10,15H,7-9H2,1-2H3,(H,14,16). The molecule has 2 N–H and O–H groups in total. The molecule has 1 amide bonds. The molecule has 17 heavy (non-hydrogen) atoms. The van der Waals surface area contributed by atoms with Crippen LogP contribution in [0.5, 0.6) is 5.75 Å². The largest absolute Gasteiger partial charge is 0.491 e. The molecule has 94 valence electrons. The van der Waals surface area contributed by atoms with Gasteiger partial charge in [0.2, 0.25) is 5.91 Å². The summed E-state index contributed by atoms with van der Waals surface area (Å²) in [6, 6.07) is 7.79. The minimum absolute atomic E-state index is 0.171. The lowest BCUT2D eigenvalue weighted by molar-refractivity contribution is -0.123. The molecule has 0 saturated heterocycles. The molecule has 1 rings (SSSR count). The van der Waals surface area contributed by atoms with Gasteiger partial charge in [-0.25, -0.2) is 0 Å². The van der Waals surface area contributed by atoms with Gasteiger partial charge in [-0.05, 0) is 38.0 Å². The first-order valence-electron chi connectivity index (χ1n) is 5.75. The van der Waals surface area contributed by atoms with Crippen LogP contribution in [0.25, 0.3) is 0 Å². The normalized spacial score (nSPS) is 10.4. The second kappa shape index (κ2) is 6.91. The summed E-state index contributed by atoms with van der Waals surface area (Å²) in [7, 11) is 0. The maximum Gasteiger partial charge on any atom is 0.245 e. The molecule has 0 unspecified atom stereocenters. The van der Waals surface area contributed by atoms with E-state index in [1.165, 1.54) is 0 Å². The Morgan fingerprint density at radius 3 is 2.53 bits per heavy atom. The van der Waals surface area contributed by atoms with Crippen molar-refractivity contribution >= 4 is 5.91 Å². The van der Waals surface area contributed by atoms with Crippen molar-refractivity contribution in [3.63, 3.8) is 0 Å². The van der Waals surface area contributed by atoms with Crippen LogP contribution in [0.2, 0.25) is 0 Å². The van der Waals surface area contributed by atoms with Gasteiger partial charge in [0.25, 0.3) is 0 Å². The molecule has 0 heterocycles. The van der Waals surface area contributed by atoms with Gasteiger partial charge in [0.05, 0.1) is 6.10 Å². The van der Waals surface area contributed by atoms with E-state index in [1.54, 1.807) is 0 Å². The summed E-state index contributed by atoms with van der Waals surface area (Å²) < 4.78 is 5.53. The molecule has 0 saturated carbocycles. The molecule has 0 spiro atoms. The van der Waals surface area contributed by atoms with Gasteiger partial charge >= 0.3 is 0 Å². The number of aliphatic hydroxyl groups excluding tert-OH is 1. The number of aliphatic hydroxyl groups is 1. The van der Waals surface area contributed by atoms with Crippen LogP contribution in [0.1, 0.15) is 19.4 Å². The first-order chi connectivity index (χ1) is 8.11. The van der Waals surface area contributed by atoms with Crippen molar-refractivity contribution in [3.8, 4) is 5.75 Å². The molecule has 0 bridgehead atoms. The van der Waals surface area contributed by atoms with Crippen LogP contribution in [0, 0.1) is 0 Å². The summed E-state index contributed by atoms with van der Waals surface area (Å²) in [6.45, 7) is 4.04. The zero-order valence-corrected chi connectivity index (χ0v) is 10.3. The van der Waals surface area contributed by atoms with Gasteiger partial charge in [-0.1, -0.05) is 12.1 Å². The smallest absolute Gasteiger partial charge is 0.245 e. The highest BCUT2D eigenvalue weighted by Crippen LogP contribution is 2.13. The summed E-state index contributed by atoms with van der Waals surface area (Å²) in [5.41, 5.74) is 1.12. The summed E-state index contributed by atoms with van der Waals surface area (Å²) in [5, 5.41) is 11.1. The number of nitrogens with one attached hydrogen (secondary N) is 1. The van der Waals surface area contributed by atoms with Gasteiger partial charge in [0.15, 0.2) is 0 Å². The average Bonchev–Trinajstić information content (AvgIpc) is 2.30. The van der Waals surface area contributed by atoms with E-state index in [9.17, 15) is 4.79 Å². The number of amides is 1. The molecule has 0 aromatic heterocycles. The van der Waals surface area contributed by atoms with Crippen molar-refractivity contribution in [2.45, 2.75) is 26.4 Å². The zero-order valence-electron chi connectivity index (χ0n) is 10.3. The first-order valence-corrected chi connectivity index (χ1v) is 5.75. The van der Waals surface area contributed by atoms with Crippen LogP contribution >= 0.6 is 0 Å². The van der Waals surface area contributed by atoms with Gasteiger partial charge < -0.3 is 15.2 Å². The molecule has 0 fully saturated rings. The summed E-state index contributed by atoms with van der Waals surface area (Å²) in [4.78, 5) is 10.8. The van der Waals surface area contributed by atoms with E-state index in [-0.39, 0.29) is 12.0 Å². The highest BCUT2D eigenvalue weighted by Gasteiger charge is 2.00. The van der Waals surface area contributed by atoms with E-state index in [0.29, 0.717) is 6.54 Å². The topological polar surface area (TPSA) is 58.6 Å². The number of benzene rings is 1. The number of hydrogen-bond donors (Lipinski definition) is 2. The summed E-state index contributed by atoms with van der Waals surface area (Å²) >= 11 is 0. The summed E-state index contributed by atoms with van der Waals surface area (Å²) in [5.74, 6) is 0.507. The third kappa shape index (κ3) is 5.36. The third-order valence-electron chi connectivity index (χ3n) is 2.17. The number of carbonyl (C=O) groups excluding carboxylic acids is 1. The van der Waals surface area contributed by atoms with E-state index in [4.69, 9.17) is 9.84 Å². The van der Waals surface area contributed by atoms with E-state index in [2.05, 4.69) is 5.32 Å². The second-order valence-electron chi connectivity index (χ2n) is 4.07. The van der Waals surface area contributed by atoms with Crippen molar-refractivity contribution in [1.82, 2.24) is 5.32 Å². The Balaban J connectivity index is 2.37. The predicted molar refractivity (Wildman–Crippen MR) is 66.0 cm³/mol. The fraction of sp³-hybridized carbons (Fsp3) is 0.462. The van der Waals surface area contributed by atoms with Crippen molar-refractivity contribution in [1.29, 1.82) is 0 Å². The SMILES string of the molecule is CC(C)Oc1ccc(CCNC(=O)CO)cc1. The molecule has 0 radical (unpaired) electrons. The predicted octanol–water partition coefficient (Wildman–Crippen LogP) is 1.12. The third-order valence-corrected chi connectivity index (χ3v) is 2.17. The van der Waals surface area contributed by atoms with Crippen LogP contribution in [0.4, 0.5) is 0 Å². The molecule has 1 aromatic rings. The average molecular weight is 237 g/mol. The van der Waals surface area contributed by atoms with Crippen LogP contribution in [-0.4, -0.2) is 30.3 Å². The second-order valence-corrected chi connectivity index (χ2v) is 4.07. The molecule has 1 aromatic carbocycles. The van der Waals surface area contributed by atoms with E-state index < -0.39 is 6.61 Å². The van der Waals surface area contributed by atoms with Crippen LogP contribution < -0.4 is 10.1 Å². The molecule has 0 atom stereocenters. The molecular weight excluding hydrogens is 218 g/mol. The Kier molecular flexibility index (Phi) is 5.49. The molecule has 4 nitrogen and oxygen atoms in total. The number of rotatable bonds is 6. The molecular formula is C13H19NO3. The lowest BCUT2D eigenvalue weighted by Gasteiger charge is -2.10. The number of hydrogen-bond acceptors (Lipinski definition) is 3. The fourth-order valence-corrected chi connectivity index (χ4v) is 1.41. The molecule has 0 aliphatic rings. The van der Waals surface area contributed by atoms with Gasteiger partial charge in [-0.3, -0.25) is 4.79 Å². The van der Waals surface area contributed by atoms with Crippen molar-refractivity contribution < 1.29 is 14.6 Å². The highest BCUT2D eigenvalue weighted by atomic mass is 16.5. The monoisotopic (exact) mass is 237 g/mol. The molecule has 0 aliphatic heterocycles. The van der Waals surface area contributed by atoms with E-state index >= 15 is 0 Å². The van der Waals surface area contributed by atoms with Gasteiger partial charge in [0, 0.05) is 6.54 Å². The lowest BCUT2D eigenvalue weighted by Crippen LogP contribution is -2.28. The highest BCUT2D eigenvalue weighted by molar-refractivity contribution is 5.76. The minimum Gasteiger partial charge on any atom is -0.491 e.